The monoisotopic (exact) mass is 341 g/mol. The predicted octanol–water partition coefficient (Wildman–Crippen LogP) is 2.78. The van der Waals surface area contributed by atoms with E-state index in [9.17, 15) is 8.42 Å². The Hall–Kier alpha value is -2.44. The highest BCUT2D eigenvalue weighted by atomic mass is 32.2. The second-order valence-electron chi connectivity index (χ2n) is 5.55. The SMILES string of the molecule is CNS(=O)(=O)c1ccc(N(C)Cc2cccc3ccccc23)nc1. The van der Waals surface area contributed by atoms with Crippen LogP contribution in [0.25, 0.3) is 10.8 Å². The van der Waals surface area contributed by atoms with E-state index in [2.05, 4.69) is 34.0 Å². The summed E-state index contributed by atoms with van der Waals surface area (Å²) < 4.78 is 25.8. The van der Waals surface area contributed by atoms with E-state index in [0.29, 0.717) is 6.54 Å². The maximum Gasteiger partial charge on any atom is 0.241 e. The zero-order chi connectivity index (χ0) is 17.2. The highest BCUT2D eigenvalue weighted by molar-refractivity contribution is 7.89. The smallest absolute Gasteiger partial charge is 0.241 e. The number of nitrogens with zero attached hydrogens (tertiary/aromatic N) is 2. The molecule has 124 valence electrons. The van der Waals surface area contributed by atoms with Crippen LogP contribution in [0.5, 0.6) is 0 Å². The summed E-state index contributed by atoms with van der Waals surface area (Å²) >= 11 is 0. The van der Waals surface area contributed by atoms with Crippen molar-refractivity contribution in [1.29, 1.82) is 0 Å². The normalized spacial score (nSPS) is 11.6. The molecule has 0 radical (unpaired) electrons. The predicted molar refractivity (Wildman–Crippen MR) is 96.5 cm³/mol. The molecule has 6 heteroatoms. The number of nitrogens with one attached hydrogen (secondary N) is 1. The molecule has 1 heterocycles. The second kappa shape index (κ2) is 6.59. The minimum absolute atomic E-state index is 0.160. The molecule has 2 aromatic carbocycles. The molecule has 0 aliphatic rings. The average Bonchev–Trinajstić information content (AvgIpc) is 2.62. The summed E-state index contributed by atoms with van der Waals surface area (Å²) in [7, 11) is -0.134. The van der Waals surface area contributed by atoms with E-state index in [0.717, 1.165) is 5.82 Å². The maximum absolute atomic E-state index is 11.8. The first-order chi connectivity index (χ1) is 11.5. The first-order valence-electron chi connectivity index (χ1n) is 7.58. The fraction of sp³-hybridized carbons (Fsp3) is 0.167. The molecule has 0 spiro atoms. The molecule has 0 atom stereocenters. The molecule has 0 saturated carbocycles. The van der Waals surface area contributed by atoms with Crippen LogP contribution in [-0.2, 0) is 16.6 Å². The van der Waals surface area contributed by atoms with Gasteiger partial charge in [-0.3, -0.25) is 0 Å². The van der Waals surface area contributed by atoms with Crippen LogP contribution >= 0.6 is 0 Å². The molecule has 0 bridgehead atoms. The lowest BCUT2D eigenvalue weighted by Crippen LogP contribution is -2.20. The molecule has 0 aliphatic heterocycles. The quantitative estimate of drug-likeness (QED) is 0.775. The second-order valence-corrected chi connectivity index (χ2v) is 7.44. The molecule has 5 nitrogen and oxygen atoms in total. The van der Waals surface area contributed by atoms with Gasteiger partial charge in [0.25, 0.3) is 0 Å². The summed E-state index contributed by atoms with van der Waals surface area (Å²) in [5.41, 5.74) is 1.20. The van der Waals surface area contributed by atoms with Crippen molar-refractivity contribution in [1.82, 2.24) is 9.71 Å². The molecular weight excluding hydrogens is 322 g/mol. The zero-order valence-corrected chi connectivity index (χ0v) is 14.4. The van der Waals surface area contributed by atoms with Crippen molar-refractivity contribution >= 4 is 26.6 Å². The lowest BCUT2D eigenvalue weighted by atomic mass is 10.0. The molecule has 0 unspecified atom stereocenters. The third kappa shape index (κ3) is 3.25. The van der Waals surface area contributed by atoms with E-state index < -0.39 is 10.0 Å². The highest BCUT2D eigenvalue weighted by Crippen LogP contribution is 2.22. The third-order valence-electron chi connectivity index (χ3n) is 3.98. The number of hydrogen-bond donors (Lipinski definition) is 1. The fourth-order valence-corrected chi connectivity index (χ4v) is 3.32. The number of rotatable bonds is 5. The average molecular weight is 341 g/mol. The van der Waals surface area contributed by atoms with Crippen molar-refractivity contribution in [2.75, 3.05) is 19.0 Å². The number of fused-ring (bicyclic) bond motifs is 1. The topological polar surface area (TPSA) is 62.3 Å². The lowest BCUT2D eigenvalue weighted by molar-refractivity contribution is 0.588. The molecule has 1 N–H and O–H groups in total. The maximum atomic E-state index is 11.8. The van der Waals surface area contributed by atoms with Crippen LogP contribution in [0.15, 0.2) is 65.7 Å². The van der Waals surface area contributed by atoms with Crippen LogP contribution in [-0.4, -0.2) is 27.5 Å². The molecule has 24 heavy (non-hydrogen) atoms. The van der Waals surface area contributed by atoms with Gasteiger partial charge in [0.05, 0.1) is 0 Å². The Balaban J connectivity index is 1.86. The molecule has 1 aromatic heterocycles. The molecule has 3 aromatic rings. The van der Waals surface area contributed by atoms with Crippen molar-refractivity contribution in [2.24, 2.45) is 0 Å². The Labute approximate surface area is 142 Å². The van der Waals surface area contributed by atoms with Gasteiger partial charge >= 0.3 is 0 Å². The van der Waals surface area contributed by atoms with Crippen LogP contribution in [0.4, 0.5) is 5.82 Å². The largest absolute Gasteiger partial charge is 0.355 e. The van der Waals surface area contributed by atoms with Crippen molar-refractivity contribution in [3.8, 4) is 0 Å². The van der Waals surface area contributed by atoms with Gasteiger partial charge in [0.1, 0.15) is 10.7 Å². The van der Waals surface area contributed by atoms with Gasteiger partial charge in [0.2, 0.25) is 10.0 Å². The number of pyridine rings is 1. The molecule has 0 amide bonds. The molecular formula is C18H19N3O2S. The number of benzene rings is 2. The van der Waals surface area contributed by atoms with E-state index in [1.807, 2.05) is 30.1 Å². The summed E-state index contributed by atoms with van der Waals surface area (Å²) in [6.45, 7) is 0.687. The Morgan fingerprint density at radius 2 is 1.79 bits per heavy atom. The number of hydrogen-bond acceptors (Lipinski definition) is 4. The van der Waals surface area contributed by atoms with Gasteiger partial charge < -0.3 is 4.90 Å². The van der Waals surface area contributed by atoms with Gasteiger partial charge in [-0.05, 0) is 35.5 Å². The third-order valence-corrected chi connectivity index (χ3v) is 5.38. The first-order valence-corrected chi connectivity index (χ1v) is 9.07. The van der Waals surface area contributed by atoms with Crippen molar-refractivity contribution in [3.05, 3.63) is 66.4 Å². The minimum atomic E-state index is -3.46. The summed E-state index contributed by atoms with van der Waals surface area (Å²) in [4.78, 5) is 6.43. The van der Waals surface area contributed by atoms with Gasteiger partial charge in [-0.1, -0.05) is 42.5 Å². The standard InChI is InChI=1S/C18H19N3O2S/c1-19-24(22,23)16-10-11-18(20-12-16)21(2)13-15-8-5-7-14-6-3-4-9-17(14)15/h3-12,19H,13H2,1-2H3. The Kier molecular flexibility index (Phi) is 4.51. The van der Waals surface area contributed by atoms with E-state index in [-0.39, 0.29) is 4.90 Å². The zero-order valence-electron chi connectivity index (χ0n) is 13.6. The van der Waals surface area contributed by atoms with E-state index >= 15 is 0 Å². The fourth-order valence-electron chi connectivity index (χ4n) is 2.64. The van der Waals surface area contributed by atoms with Gasteiger partial charge in [-0.25, -0.2) is 18.1 Å². The molecule has 0 saturated heterocycles. The summed E-state index contributed by atoms with van der Waals surface area (Å²) in [5, 5.41) is 2.41. The van der Waals surface area contributed by atoms with Crippen LogP contribution in [0.3, 0.4) is 0 Å². The molecule has 0 fully saturated rings. The van der Waals surface area contributed by atoms with Crippen LogP contribution in [0, 0.1) is 0 Å². The van der Waals surface area contributed by atoms with Crippen LogP contribution in [0.1, 0.15) is 5.56 Å². The minimum Gasteiger partial charge on any atom is -0.355 e. The van der Waals surface area contributed by atoms with Gasteiger partial charge in [0.15, 0.2) is 0 Å². The Morgan fingerprint density at radius 1 is 1.04 bits per heavy atom. The summed E-state index contributed by atoms with van der Waals surface area (Å²) in [5.74, 6) is 0.720. The van der Waals surface area contributed by atoms with Crippen LogP contribution in [0.2, 0.25) is 0 Å². The van der Waals surface area contributed by atoms with Crippen molar-refractivity contribution < 1.29 is 8.42 Å². The first kappa shape index (κ1) is 16.4. The Morgan fingerprint density at radius 3 is 2.50 bits per heavy atom. The summed E-state index contributed by atoms with van der Waals surface area (Å²) in [6, 6.07) is 17.8. The van der Waals surface area contributed by atoms with E-state index in [1.54, 1.807) is 12.1 Å². The number of sulfonamides is 1. The van der Waals surface area contributed by atoms with Gasteiger partial charge in [-0.15, -0.1) is 0 Å². The highest BCUT2D eigenvalue weighted by Gasteiger charge is 2.13. The Bertz CT molecular complexity index is 948. The molecule has 3 rings (SSSR count). The van der Waals surface area contributed by atoms with Crippen LogP contribution < -0.4 is 9.62 Å². The number of aromatic nitrogens is 1. The van der Waals surface area contributed by atoms with Crippen molar-refractivity contribution in [2.45, 2.75) is 11.4 Å². The van der Waals surface area contributed by atoms with Crippen molar-refractivity contribution in [3.63, 3.8) is 0 Å². The van der Waals surface area contributed by atoms with E-state index in [1.165, 1.54) is 29.6 Å². The van der Waals surface area contributed by atoms with Gasteiger partial charge in [0, 0.05) is 19.8 Å². The van der Waals surface area contributed by atoms with Gasteiger partial charge in [-0.2, -0.15) is 0 Å². The number of anilines is 1. The lowest BCUT2D eigenvalue weighted by Gasteiger charge is -2.19. The molecule has 0 aliphatic carbocycles. The van der Waals surface area contributed by atoms with E-state index in [4.69, 9.17) is 0 Å². The summed E-state index contributed by atoms with van der Waals surface area (Å²) in [6.07, 6.45) is 1.38.